The van der Waals surface area contributed by atoms with Gasteiger partial charge in [0.15, 0.2) is 0 Å². The van der Waals surface area contributed by atoms with E-state index in [0.717, 1.165) is 23.0 Å². The molecule has 1 aromatic heterocycles. The fraction of sp³-hybridized carbons (Fsp3) is 0.318. The van der Waals surface area contributed by atoms with Crippen molar-refractivity contribution >= 4 is 40.3 Å². The van der Waals surface area contributed by atoms with Gasteiger partial charge in [-0.1, -0.05) is 12.1 Å². The van der Waals surface area contributed by atoms with E-state index in [4.69, 9.17) is 0 Å². The first-order valence-corrected chi connectivity index (χ1v) is 11.3. The number of aromatic amines is 1. The number of imidazole rings is 1. The normalized spacial score (nSPS) is 15.2. The molecule has 168 valence electrons. The molecule has 0 spiro atoms. The van der Waals surface area contributed by atoms with Crippen LogP contribution in [0.25, 0.3) is 11.0 Å². The summed E-state index contributed by atoms with van der Waals surface area (Å²) >= 11 is 1.60. The summed E-state index contributed by atoms with van der Waals surface area (Å²) < 4.78 is 27.8. The van der Waals surface area contributed by atoms with Gasteiger partial charge < -0.3 is 19.6 Å². The maximum absolute atomic E-state index is 13.0. The van der Waals surface area contributed by atoms with Crippen LogP contribution >= 0.6 is 11.8 Å². The topological polar surface area (TPSA) is 90.7 Å². The maximum atomic E-state index is 13.0. The Morgan fingerprint density at radius 3 is 2.84 bits per heavy atom. The van der Waals surface area contributed by atoms with E-state index in [9.17, 15) is 23.5 Å². The zero-order chi connectivity index (χ0) is 22.7. The highest BCUT2D eigenvalue weighted by molar-refractivity contribution is 8.00. The molecular formula is C22H22F2N4O3S. The fourth-order valence-electron chi connectivity index (χ4n) is 3.63. The number of rotatable bonds is 6. The number of fused-ring (bicyclic) bond motifs is 1. The molecule has 2 aromatic carbocycles. The molecule has 2 amide bonds. The zero-order valence-corrected chi connectivity index (χ0v) is 17.9. The number of thioether (sulfide) groups is 1. The number of hydrogen-bond donors (Lipinski definition) is 2. The molecule has 0 saturated carbocycles. The summed E-state index contributed by atoms with van der Waals surface area (Å²) in [5.74, 6) is 0.684. The Labute approximate surface area is 186 Å². The monoisotopic (exact) mass is 460 g/mol. The Hall–Kier alpha value is -2.98. The molecule has 0 unspecified atom stereocenters. The smallest absolute Gasteiger partial charge is 0.280 e. The van der Waals surface area contributed by atoms with Gasteiger partial charge in [-0.05, 0) is 36.8 Å². The largest absolute Gasteiger partial charge is 0.396 e. The molecular weight excluding hydrogens is 438 g/mol. The summed E-state index contributed by atoms with van der Waals surface area (Å²) in [4.78, 5) is 33.9. The molecule has 32 heavy (non-hydrogen) atoms. The lowest BCUT2D eigenvalue weighted by molar-refractivity contribution is -0.116. The highest BCUT2D eigenvalue weighted by Gasteiger charge is 2.21. The van der Waals surface area contributed by atoms with Crippen LogP contribution in [0.3, 0.4) is 0 Å². The number of nitrogens with zero attached hydrogens (tertiary/aromatic N) is 3. The summed E-state index contributed by atoms with van der Waals surface area (Å²) in [5, 5.41) is 9.28. The summed E-state index contributed by atoms with van der Waals surface area (Å²) in [5.41, 5.74) is 2.25. The minimum Gasteiger partial charge on any atom is -0.396 e. The molecule has 10 heteroatoms. The van der Waals surface area contributed by atoms with Crippen LogP contribution in [0.2, 0.25) is 0 Å². The number of carbonyl (C=O) groups excluding carboxylic acids is 2. The number of nitrogens with one attached hydrogen (secondary N) is 1. The molecule has 2 N–H and O–H groups in total. The number of aliphatic hydroxyl groups is 1. The van der Waals surface area contributed by atoms with Crippen LogP contribution in [-0.2, 0) is 11.3 Å². The van der Waals surface area contributed by atoms with Gasteiger partial charge >= 0.3 is 0 Å². The number of anilines is 1. The van der Waals surface area contributed by atoms with Crippen LogP contribution in [0.15, 0.2) is 47.5 Å². The van der Waals surface area contributed by atoms with Crippen LogP contribution in [0.5, 0.6) is 0 Å². The fourth-order valence-corrected chi connectivity index (χ4v) is 4.42. The Balaban J connectivity index is 1.76. The molecule has 1 aliphatic rings. The SMILES string of the molecule is O=C(/N=c1\[nH]c2cc(N3CCSCC3=O)ccc2n1CCCO)c1cccc(C(F)F)c1. The van der Waals surface area contributed by atoms with Crippen LogP contribution < -0.4 is 10.5 Å². The first kappa shape index (κ1) is 22.2. The molecule has 1 aliphatic heterocycles. The number of halogens is 2. The van der Waals surface area contributed by atoms with Crippen LogP contribution in [0.1, 0.15) is 28.8 Å². The van der Waals surface area contributed by atoms with Gasteiger partial charge in [0.05, 0.1) is 16.8 Å². The summed E-state index contributed by atoms with van der Waals surface area (Å²) in [7, 11) is 0. The molecule has 0 radical (unpaired) electrons. The average Bonchev–Trinajstić information content (AvgIpc) is 3.14. The van der Waals surface area contributed by atoms with Crippen molar-refractivity contribution < 1.29 is 23.5 Å². The lowest BCUT2D eigenvalue weighted by atomic mass is 10.1. The predicted octanol–water partition coefficient (Wildman–Crippen LogP) is 3.11. The molecule has 0 atom stereocenters. The zero-order valence-electron chi connectivity index (χ0n) is 17.1. The van der Waals surface area contributed by atoms with E-state index in [1.807, 2.05) is 18.2 Å². The lowest BCUT2D eigenvalue weighted by Crippen LogP contribution is -2.38. The summed E-state index contributed by atoms with van der Waals surface area (Å²) in [6.45, 7) is 0.982. The van der Waals surface area contributed by atoms with Crippen molar-refractivity contribution in [2.45, 2.75) is 19.4 Å². The minimum atomic E-state index is -2.68. The van der Waals surface area contributed by atoms with Gasteiger partial charge in [-0.25, -0.2) is 8.78 Å². The van der Waals surface area contributed by atoms with E-state index in [1.54, 1.807) is 21.2 Å². The summed E-state index contributed by atoms with van der Waals surface area (Å²) in [6, 6.07) is 10.8. The molecule has 0 bridgehead atoms. The Bertz CT molecular complexity index is 1220. The van der Waals surface area contributed by atoms with Crippen molar-refractivity contribution in [3.05, 3.63) is 59.2 Å². The Morgan fingerprint density at radius 2 is 2.09 bits per heavy atom. The van der Waals surface area contributed by atoms with E-state index in [2.05, 4.69) is 9.98 Å². The quantitative estimate of drug-likeness (QED) is 0.592. The number of aromatic nitrogens is 2. The third-order valence-electron chi connectivity index (χ3n) is 5.20. The average molecular weight is 461 g/mol. The van der Waals surface area contributed by atoms with Gasteiger partial charge in [0, 0.05) is 42.3 Å². The highest BCUT2D eigenvalue weighted by Crippen LogP contribution is 2.24. The van der Waals surface area contributed by atoms with E-state index < -0.39 is 12.3 Å². The second kappa shape index (κ2) is 9.66. The number of amides is 2. The number of hydrogen-bond acceptors (Lipinski definition) is 4. The molecule has 3 aromatic rings. The van der Waals surface area contributed by atoms with Crippen LogP contribution in [0.4, 0.5) is 14.5 Å². The highest BCUT2D eigenvalue weighted by atomic mass is 32.2. The predicted molar refractivity (Wildman–Crippen MR) is 119 cm³/mol. The standard InChI is InChI=1S/C22H22F2N4O3S/c23-20(24)14-3-1-4-15(11-14)21(31)26-22-25-17-12-16(27-8-10-32-13-19(27)30)5-6-18(17)28(22)7-2-9-29/h1,3-6,11-12,20,29H,2,7-10,13H2,(H,25,26,31). The Kier molecular flexibility index (Phi) is 6.71. The van der Waals surface area contributed by atoms with Crippen LogP contribution in [-0.4, -0.2) is 51.1 Å². The van der Waals surface area contributed by atoms with Crippen molar-refractivity contribution in [1.82, 2.24) is 9.55 Å². The molecule has 1 saturated heterocycles. The van der Waals surface area contributed by atoms with E-state index >= 15 is 0 Å². The lowest BCUT2D eigenvalue weighted by Gasteiger charge is -2.26. The molecule has 0 aliphatic carbocycles. The van der Waals surface area contributed by atoms with Crippen LogP contribution in [0, 0.1) is 0 Å². The van der Waals surface area contributed by atoms with Gasteiger partial charge in [-0.3, -0.25) is 9.59 Å². The van der Waals surface area contributed by atoms with Crippen molar-refractivity contribution in [1.29, 1.82) is 0 Å². The molecule has 1 fully saturated rings. The third-order valence-corrected chi connectivity index (χ3v) is 6.13. The molecule has 4 rings (SSSR count). The molecule has 2 heterocycles. The number of carbonyl (C=O) groups is 2. The molecule has 7 nitrogen and oxygen atoms in total. The van der Waals surface area contributed by atoms with Crippen molar-refractivity contribution in [3.63, 3.8) is 0 Å². The van der Waals surface area contributed by atoms with Gasteiger partial charge in [-0.15, -0.1) is 0 Å². The van der Waals surface area contributed by atoms with E-state index in [1.165, 1.54) is 18.2 Å². The first-order valence-electron chi connectivity index (χ1n) is 10.2. The van der Waals surface area contributed by atoms with Gasteiger partial charge in [0.2, 0.25) is 11.5 Å². The van der Waals surface area contributed by atoms with Crippen molar-refractivity contribution in [3.8, 4) is 0 Å². The van der Waals surface area contributed by atoms with Crippen molar-refractivity contribution in [2.24, 2.45) is 4.99 Å². The first-order chi connectivity index (χ1) is 15.5. The third kappa shape index (κ3) is 4.61. The number of H-pyrrole nitrogens is 1. The number of benzene rings is 2. The number of aryl methyl sites for hydroxylation is 1. The van der Waals surface area contributed by atoms with Gasteiger partial charge in [0.1, 0.15) is 0 Å². The number of alkyl halides is 2. The van der Waals surface area contributed by atoms with Crippen molar-refractivity contribution in [2.75, 3.05) is 29.6 Å². The Morgan fingerprint density at radius 1 is 1.25 bits per heavy atom. The van der Waals surface area contributed by atoms with Gasteiger partial charge in [0.25, 0.3) is 12.3 Å². The maximum Gasteiger partial charge on any atom is 0.280 e. The van der Waals surface area contributed by atoms with Gasteiger partial charge in [-0.2, -0.15) is 16.8 Å². The second-order valence-corrected chi connectivity index (χ2v) is 8.43. The van der Waals surface area contributed by atoms with E-state index in [-0.39, 0.29) is 29.3 Å². The van der Waals surface area contributed by atoms with E-state index in [0.29, 0.717) is 30.8 Å². The minimum absolute atomic E-state index is 0.0402. The second-order valence-electron chi connectivity index (χ2n) is 7.32. The summed E-state index contributed by atoms with van der Waals surface area (Å²) in [6.07, 6.45) is -2.24. The number of aliphatic hydroxyl groups excluding tert-OH is 1.